The number of aryl methyl sites for hydroxylation is 1. The molecule has 1 aromatic heterocycles. The molecule has 0 spiro atoms. The van der Waals surface area contributed by atoms with Gasteiger partial charge < -0.3 is 24.4 Å². The largest absolute Gasteiger partial charge is 0.444 e. The van der Waals surface area contributed by atoms with Crippen LogP contribution in [-0.2, 0) is 24.2 Å². The minimum absolute atomic E-state index is 0.235. The van der Waals surface area contributed by atoms with Crippen LogP contribution in [0.1, 0.15) is 67.2 Å². The van der Waals surface area contributed by atoms with E-state index in [2.05, 4.69) is 15.4 Å². The fourth-order valence-electron chi connectivity index (χ4n) is 4.94. The van der Waals surface area contributed by atoms with Crippen molar-refractivity contribution in [3.63, 3.8) is 0 Å². The van der Waals surface area contributed by atoms with Crippen LogP contribution in [0.15, 0.2) is 40.9 Å². The quantitative estimate of drug-likeness (QED) is 0.405. The zero-order chi connectivity index (χ0) is 28.2. The highest BCUT2D eigenvalue weighted by atomic mass is 19.1. The third kappa shape index (κ3) is 7.56. The third-order valence-corrected chi connectivity index (χ3v) is 6.99. The number of rotatable bonds is 8. The lowest BCUT2D eigenvalue weighted by atomic mass is 9.91. The van der Waals surface area contributed by atoms with Crippen LogP contribution in [0.2, 0.25) is 0 Å². The van der Waals surface area contributed by atoms with E-state index in [-0.39, 0.29) is 17.8 Å². The van der Waals surface area contributed by atoms with Gasteiger partial charge in [0.25, 0.3) is 5.91 Å². The summed E-state index contributed by atoms with van der Waals surface area (Å²) in [5.41, 5.74) is 3.53. The number of halogens is 1. The van der Waals surface area contributed by atoms with Crippen molar-refractivity contribution in [2.45, 2.75) is 65.1 Å². The Kier molecular flexibility index (Phi) is 8.90. The molecule has 1 aliphatic rings. The summed E-state index contributed by atoms with van der Waals surface area (Å²) in [7, 11) is 3.97. The number of nitrogens with one attached hydrogen (secondary N) is 1. The van der Waals surface area contributed by atoms with Crippen molar-refractivity contribution in [3.8, 4) is 0 Å². The van der Waals surface area contributed by atoms with Gasteiger partial charge in [0.1, 0.15) is 11.4 Å². The van der Waals surface area contributed by atoms with E-state index in [0.29, 0.717) is 37.7 Å². The van der Waals surface area contributed by atoms with E-state index >= 15 is 0 Å². The molecule has 0 unspecified atom stereocenters. The normalized spacial score (nSPS) is 14.7. The monoisotopic (exact) mass is 538 g/mol. The number of aromatic nitrogens is 1. The number of fused-ring (bicyclic) bond motifs is 1. The number of ether oxygens (including phenoxy) is 1. The Balaban J connectivity index is 1.40. The van der Waals surface area contributed by atoms with Crippen molar-refractivity contribution in [2.75, 3.05) is 27.2 Å². The molecular formula is C30H39FN4O4. The second-order valence-corrected chi connectivity index (χ2v) is 11.6. The second kappa shape index (κ2) is 12.2. The Morgan fingerprint density at radius 3 is 2.46 bits per heavy atom. The van der Waals surface area contributed by atoms with Gasteiger partial charge >= 0.3 is 6.09 Å². The molecule has 0 atom stereocenters. The lowest BCUT2D eigenvalue weighted by Crippen LogP contribution is -2.41. The van der Waals surface area contributed by atoms with E-state index in [1.54, 1.807) is 4.90 Å². The average molecular weight is 539 g/mol. The zero-order valence-corrected chi connectivity index (χ0v) is 23.6. The van der Waals surface area contributed by atoms with Gasteiger partial charge in [-0.1, -0.05) is 11.2 Å². The number of piperidine rings is 1. The minimum atomic E-state index is -0.485. The van der Waals surface area contributed by atoms with Gasteiger partial charge in [0.2, 0.25) is 0 Å². The Bertz CT molecular complexity index is 1290. The molecule has 210 valence electrons. The van der Waals surface area contributed by atoms with Gasteiger partial charge in [-0.25, -0.2) is 9.18 Å². The van der Waals surface area contributed by atoms with E-state index in [1.165, 1.54) is 24.3 Å². The smallest absolute Gasteiger partial charge is 0.410 e. The highest BCUT2D eigenvalue weighted by molar-refractivity contribution is 5.94. The summed E-state index contributed by atoms with van der Waals surface area (Å²) in [4.78, 5) is 28.8. The predicted octanol–water partition coefficient (Wildman–Crippen LogP) is 5.54. The molecule has 39 heavy (non-hydrogen) atoms. The van der Waals surface area contributed by atoms with Crippen molar-refractivity contribution < 1.29 is 23.2 Å². The van der Waals surface area contributed by atoms with Gasteiger partial charge in [-0.05, 0) is 102 Å². The van der Waals surface area contributed by atoms with Gasteiger partial charge in [-0.2, -0.15) is 0 Å². The Morgan fingerprint density at radius 1 is 1.13 bits per heavy atom. The molecule has 1 saturated heterocycles. The summed E-state index contributed by atoms with van der Waals surface area (Å²) in [5, 5.41) is 8.35. The first-order valence-electron chi connectivity index (χ1n) is 13.6. The van der Waals surface area contributed by atoms with Gasteiger partial charge in [0, 0.05) is 42.7 Å². The first kappa shape index (κ1) is 28.5. The van der Waals surface area contributed by atoms with Crippen molar-refractivity contribution in [2.24, 2.45) is 5.92 Å². The predicted molar refractivity (Wildman–Crippen MR) is 148 cm³/mol. The summed E-state index contributed by atoms with van der Waals surface area (Å²) in [6, 6.07) is 9.53. The van der Waals surface area contributed by atoms with Crippen LogP contribution >= 0.6 is 0 Å². The van der Waals surface area contributed by atoms with Crippen LogP contribution in [0.5, 0.6) is 0 Å². The molecule has 2 aromatic carbocycles. The minimum Gasteiger partial charge on any atom is -0.444 e. The van der Waals surface area contributed by atoms with Crippen LogP contribution < -0.4 is 5.32 Å². The fourth-order valence-corrected chi connectivity index (χ4v) is 4.94. The van der Waals surface area contributed by atoms with Crippen molar-refractivity contribution >= 4 is 23.0 Å². The molecule has 2 heterocycles. The lowest BCUT2D eigenvalue weighted by Gasteiger charge is -2.33. The Morgan fingerprint density at radius 2 is 1.82 bits per heavy atom. The first-order valence-corrected chi connectivity index (χ1v) is 13.6. The van der Waals surface area contributed by atoms with E-state index in [1.807, 2.05) is 47.0 Å². The molecule has 0 radical (unpaired) electrons. The van der Waals surface area contributed by atoms with Crippen LogP contribution in [0, 0.1) is 11.7 Å². The number of hydrogen-bond acceptors (Lipinski definition) is 6. The van der Waals surface area contributed by atoms with E-state index < -0.39 is 5.60 Å². The molecule has 4 rings (SSSR count). The Hall–Kier alpha value is -3.46. The number of amides is 2. The number of benzene rings is 2. The van der Waals surface area contributed by atoms with E-state index in [9.17, 15) is 14.0 Å². The number of likely N-dealkylation sites (tertiary alicyclic amines) is 1. The summed E-state index contributed by atoms with van der Waals surface area (Å²) in [6.07, 6.45) is 3.42. The van der Waals surface area contributed by atoms with E-state index in [4.69, 9.17) is 9.26 Å². The SMILES string of the molecule is CN(C)Cc1c(CNC(=O)c2ccc(F)cc2)ccc2c(CCC3CCN(C(=O)OC(C)(C)C)CC3)noc12. The maximum Gasteiger partial charge on any atom is 0.410 e. The molecule has 0 bridgehead atoms. The van der Waals surface area contributed by atoms with Crippen LogP contribution in [-0.4, -0.2) is 59.7 Å². The highest BCUT2D eigenvalue weighted by Gasteiger charge is 2.27. The van der Waals surface area contributed by atoms with Gasteiger partial charge in [-0.15, -0.1) is 0 Å². The van der Waals surface area contributed by atoms with Gasteiger partial charge in [0.15, 0.2) is 5.58 Å². The molecular weight excluding hydrogens is 499 g/mol. The summed E-state index contributed by atoms with van der Waals surface area (Å²) >= 11 is 0. The molecule has 9 heteroatoms. The summed E-state index contributed by atoms with van der Waals surface area (Å²) in [5.74, 6) is -0.128. The zero-order valence-electron chi connectivity index (χ0n) is 23.6. The number of nitrogens with zero attached hydrogens (tertiary/aromatic N) is 3. The van der Waals surface area contributed by atoms with Gasteiger partial charge in [0.05, 0.1) is 5.69 Å². The average Bonchev–Trinajstić information content (AvgIpc) is 3.29. The second-order valence-electron chi connectivity index (χ2n) is 11.6. The van der Waals surface area contributed by atoms with Crippen LogP contribution in [0.25, 0.3) is 11.0 Å². The molecule has 1 N–H and O–H groups in total. The van der Waals surface area contributed by atoms with Crippen molar-refractivity contribution in [1.29, 1.82) is 0 Å². The van der Waals surface area contributed by atoms with Gasteiger partial charge in [-0.3, -0.25) is 4.79 Å². The maximum atomic E-state index is 13.2. The standard InChI is InChI=1S/C30H39FN4O4/c1-30(2,3)38-29(37)35-16-14-20(15-17-35)6-13-26-24-12-9-22(25(19-34(4)5)27(24)39-33-26)18-32-28(36)21-7-10-23(31)11-8-21/h7-12,20H,6,13-19H2,1-5H3,(H,32,36). The molecule has 0 aliphatic carbocycles. The molecule has 0 saturated carbocycles. The summed E-state index contributed by atoms with van der Waals surface area (Å²) < 4.78 is 24.6. The molecule has 8 nitrogen and oxygen atoms in total. The molecule has 3 aromatic rings. The number of carbonyl (C=O) groups excluding carboxylic acids is 2. The highest BCUT2D eigenvalue weighted by Crippen LogP contribution is 2.30. The molecule has 1 fully saturated rings. The third-order valence-electron chi connectivity index (χ3n) is 6.99. The van der Waals surface area contributed by atoms with Crippen LogP contribution in [0.4, 0.5) is 9.18 Å². The molecule has 2 amide bonds. The number of hydrogen-bond donors (Lipinski definition) is 1. The Labute approximate surface area is 229 Å². The fraction of sp³-hybridized carbons (Fsp3) is 0.500. The van der Waals surface area contributed by atoms with Crippen molar-refractivity contribution in [1.82, 2.24) is 20.3 Å². The number of carbonyl (C=O) groups is 2. The summed E-state index contributed by atoms with van der Waals surface area (Å²) in [6.45, 7) is 8.03. The first-order chi connectivity index (χ1) is 18.5. The molecule has 1 aliphatic heterocycles. The lowest BCUT2D eigenvalue weighted by molar-refractivity contribution is 0.0181. The maximum absolute atomic E-state index is 13.2. The van der Waals surface area contributed by atoms with E-state index in [0.717, 1.165) is 53.5 Å². The van der Waals surface area contributed by atoms with Crippen LogP contribution in [0.3, 0.4) is 0 Å². The van der Waals surface area contributed by atoms with Crippen molar-refractivity contribution in [3.05, 3.63) is 64.6 Å². The topological polar surface area (TPSA) is 87.9 Å².